The Morgan fingerprint density at radius 2 is 1.88 bits per heavy atom. The van der Waals surface area contributed by atoms with E-state index in [2.05, 4.69) is 34.2 Å². The van der Waals surface area contributed by atoms with Crippen LogP contribution in [0.2, 0.25) is 0 Å². The molecule has 11 nitrogen and oxygen atoms in total. The molecule has 0 amide bonds. The van der Waals surface area contributed by atoms with Crippen LogP contribution in [0.3, 0.4) is 0 Å². The van der Waals surface area contributed by atoms with Gasteiger partial charge in [-0.1, -0.05) is 6.07 Å². The van der Waals surface area contributed by atoms with Crippen LogP contribution >= 0.6 is 0 Å². The zero-order chi connectivity index (χ0) is 20.0. The number of rotatable bonds is 1. The molecule has 5 N–H and O–H groups in total. The first-order valence-electron chi connectivity index (χ1n) is 6.19. The van der Waals surface area contributed by atoms with E-state index in [1.54, 1.807) is 0 Å². The van der Waals surface area contributed by atoms with Crippen LogP contribution in [0.25, 0.3) is 0 Å². The molecule has 0 radical (unpaired) electrons. The number of aromatic nitrogens is 1. The number of hydrogen-bond acceptors (Lipinski definition) is 8. The summed E-state index contributed by atoms with van der Waals surface area (Å²) in [5.41, 5.74) is 1.36. The third-order valence-electron chi connectivity index (χ3n) is 2.59. The monoisotopic (exact) mass is 534 g/mol. The molecule has 15 heteroatoms. The fourth-order valence-corrected chi connectivity index (χ4v) is 1.90. The summed E-state index contributed by atoms with van der Waals surface area (Å²) in [6, 6.07) is 4.79. The van der Waals surface area contributed by atoms with Gasteiger partial charge in [0, 0.05) is 29.6 Å². The largest absolute Gasteiger partial charge is 0.503 e. The summed E-state index contributed by atoms with van der Waals surface area (Å²) in [7, 11) is -1.65. The van der Waals surface area contributed by atoms with Crippen LogP contribution in [0.4, 0.5) is 0 Å². The van der Waals surface area contributed by atoms with Gasteiger partial charge < -0.3 is 6.87 Å². The standard InChI is InChI=1S/C10H14N2.HIO3.H2O3S2.H2O3S/c1-12-7-3-5-10(12)9-4-2-6-11-8-9;2-1(3)4;1-5(2,3)4;1-4(2)3/h2,4,6,8,10H,3,5,7H2,1H3;2H;(H2,1,2,3,4);(H2,1,2,3). The summed E-state index contributed by atoms with van der Waals surface area (Å²) in [4.78, 5) is 6.54. The highest BCUT2D eigenvalue weighted by atomic mass is 127. The predicted octanol–water partition coefficient (Wildman–Crippen LogP) is -4.72. The number of halogens is 1. The molecule has 2 heterocycles. The van der Waals surface area contributed by atoms with Gasteiger partial charge >= 0.3 is 21.1 Å². The zero-order valence-corrected chi connectivity index (χ0v) is 17.5. The van der Waals surface area contributed by atoms with Gasteiger partial charge in [-0.3, -0.25) is 28.1 Å². The third kappa shape index (κ3) is 24.1. The highest BCUT2D eigenvalue weighted by Crippen LogP contribution is 2.29. The van der Waals surface area contributed by atoms with E-state index in [0.29, 0.717) is 6.04 Å². The zero-order valence-electron chi connectivity index (χ0n) is 12.9. The fourth-order valence-electron chi connectivity index (χ4n) is 1.90. The topological polar surface area (TPSA) is 198 Å². The van der Waals surface area contributed by atoms with E-state index in [4.69, 9.17) is 36.9 Å². The molecule has 0 bridgehead atoms. The third-order valence-corrected chi connectivity index (χ3v) is 2.59. The van der Waals surface area contributed by atoms with Crippen molar-refractivity contribution in [1.29, 1.82) is 0 Å². The number of pyridine rings is 1. The molecule has 1 fully saturated rings. The smallest absolute Gasteiger partial charge is 0.396 e. The van der Waals surface area contributed by atoms with Crippen molar-refractivity contribution in [1.82, 2.24) is 9.88 Å². The van der Waals surface area contributed by atoms with Crippen molar-refractivity contribution in [2.45, 2.75) is 18.9 Å². The Morgan fingerprint density at radius 3 is 2.16 bits per heavy atom. The van der Waals surface area contributed by atoms with E-state index < -0.39 is 41.5 Å². The van der Waals surface area contributed by atoms with Crippen molar-refractivity contribution >= 4 is 31.6 Å². The Hall–Kier alpha value is 0.0800. The molecule has 1 atom stereocenters. The Labute approximate surface area is 161 Å². The summed E-state index contributed by atoms with van der Waals surface area (Å²) in [5.74, 6) is 0. The summed E-state index contributed by atoms with van der Waals surface area (Å²) in [6.07, 6.45) is 6.41. The highest BCUT2D eigenvalue weighted by Gasteiger charge is 2.21. The van der Waals surface area contributed by atoms with Crippen molar-refractivity contribution in [2.24, 2.45) is 0 Å². The Kier molecular flexibility index (Phi) is 16.6. The fraction of sp³-hybridized carbons (Fsp3) is 0.500. The first-order chi connectivity index (χ1) is 11.3. The Morgan fingerprint density at radius 1 is 1.44 bits per heavy atom. The molecule has 0 aliphatic carbocycles. The molecule has 1 aliphatic rings. The summed E-state index contributed by atoms with van der Waals surface area (Å²) >= 11 is -2.91. The lowest BCUT2D eigenvalue weighted by atomic mass is 10.1. The van der Waals surface area contributed by atoms with E-state index in [9.17, 15) is 0 Å². The van der Waals surface area contributed by atoms with Crippen molar-refractivity contribution in [3.05, 3.63) is 30.1 Å². The lowest BCUT2D eigenvalue weighted by Gasteiger charge is -2.18. The lowest BCUT2D eigenvalue weighted by Crippen LogP contribution is -3.98. The van der Waals surface area contributed by atoms with E-state index in [-0.39, 0.29) is 0 Å². The van der Waals surface area contributed by atoms with Gasteiger partial charge in [-0.25, -0.2) is 0 Å². The first kappa shape index (κ1) is 27.3. The van der Waals surface area contributed by atoms with Crippen LogP contribution in [0.15, 0.2) is 24.5 Å². The van der Waals surface area contributed by atoms with Crippen LogP contribution in [-0.2, 0) is 31.6 Å². The van der Waals surface area contributed by atoms with Gasteiger partial charge in [-0.15, -0.1) is 0 Å². The normalized spacial score (nSPS) is 17.0. The van der Waals surface area contributed by atoms with Crippen molar-refractivity contribution in [3.63, 3.8) is 0 Å². The van der Waals surface area contributed by atoms with Crippen LogP contribution < -0.4 is 27.9 Å². The minimum absolute atomic E-state index is 0.610. The Balaban J connectivity index is 0. The second kappa shape index (κ2) is 15.2. The maximum Gasteiger partial charge on any atom is 0.503 e. The van der Waals surface area contributed by atoms with Gasteiger partial charge in [0.1, 0.15) is 0 Å². The lowest BCUT2D eigenvalue weighted by molar-refractivity contribution is -1.63. The minimum Gasteiger partial charge on any atom is -0.396 e. The molecule has 1 aliphatic heterocycles. The van der Waals surface area contributed by atoms with Gasteiger partial charge in [-0.05, 0) is 41.5 Å². The molecule has 148 valence electrons. The van der Waals surface area contributed by atoms with Gasteiger partial charge in [0.2, 0.25) is 0 Å². The summed E-state index contributed by atoms with van der Waals surface area (Å²) in [5, 5.41) is 0. The van der Waals surface area contributed by atoms with E-state index in [0.717, 1.165) is 0 Å². The molecule has 0 saturated carbocycles. The molecular weight excluding hydrogens is 515 g/mol. The number of nitrogens with zero attached hydrogens (tertiary/aromatic N) is 2. The van der Waals surface area contributed by atoms with E-state index in [1.165, 1.54) is 24.9 Å². The molecule has 1 unspecified atom stereocenters. The van der Waals surface area contributed by atoms with Crippen molar-refractivity contribution in [2.75, 3.05) is 13.6 Å². The quantitative estimate of drug-likeness (QED) is 0.171. The molecule has 1 aromatic rings. The maximum absolute atomic E-state index is 9.11. The average Bonchev–Trinajstić information content (AvgIpc) is 2.83. The minimum atomic E-state index is -3.83. The second-order valence-electron chi connectivity index (χ2n) is 4.30. The van der Waals surface area contributed by atoms with Crippen LogP contribution in [-0.4, -0.2) is 53.5 Å². The van der Waals surface area contributed by atoms with Crippen molar-refractivity contribution in [3.8, 4) is 0 Å². The maximum atomic E-state index is 9.11. The van der Waals surface area contributed by atoms with Gasteiger partial charge in [0.15, 0.2) is 0 Å². The van der Waals surface area contributed by atoms with Crippen LogP contribution in [0.5, 0.6) is 0 Å². The van der Waals surface area contributed by atoms with Gasteiger partial charge in [0.05, 0.1) is 0 Å². The van der Waals surface area contributed by atoms with Gasteiger partial charge in [0.25, 0.3) is 20.4 Å². The molecule has 1 aromatic heterocycles. The van der Waals surface area contributed by atoms with Crippen LogP contribution in [0.1, 0.15) is 24.4 Å². The molecule has 0 spiro atoms. The molecule has 25 heavy (non-hydrogen) atoms. The first-order valence-corrected chi connectivity index (χ1v) is 12.4. The predicted molar refractivity (Wildman–Crippen MR) is 85.2 cm³/mol. The SMILES string of the molecule is CN1CCCC1c1cccnc1.O=S(O)(O)=S.O=S(O)O.[O-][I+2]([O-])O. The van der Waals surface area contributed by atoms with Crippen molar-refractivity contribution < 1.29 is 58.0 Å². The second-order valence-corrected chi connectivity index (χ2v) is 8.11. The summed E-state index contributed by atoms with van der Waals surface area (Å²) < 4.78 is 71.3. The molecule has 1 saturated heterocycles. The number of hydrogen-bond donors (Lipinski definition) is 5. The summed E-state index contributed by atoms with van der Waals surface area (Å²) in [6.45, 7) is 1.22. The van der Waals surface area contributed by atoms with E-state index >= 15 is 0 Å². The van der Waals surface area contributed by atoms with Crippen LogP contribution in [0, 0.1) is 0 Å². The number of likely N-dealkylation sites (tertiary alicyclic amines) is 1. The average molecular weight is 534 g/mol. The highest BCUT2D eigenvalue weighted by molar-refractivity contribution is 8.26. The molecule has 0 aromatic carbocycles. The Bertz CT molecular complexity index is 561. The molecule has 2 rings (SSSR count). The van der Waals surface area contributed by atoms with E-state index in [1.807, 2.05) is 18.5 Å². The molecular formula is C10H19IN2O9S3. The van der Waals surface area contributed by atoms with Gasteiger partial charge in [-0.2, -0.15) is 8.42 Å².